The smallest absolute Gasteiger partial charge is 0.137 e. The lowest BCUT2D eigenvalue weighted by Crippen LogP contribution is -1.95. The number of nitrogens with zero attached hydrogens (tertiary/aromatic N) is 1. The van der Waals surface area contributed by atoms with Crippen LogP contribution in [0.1, 0.15) is 5.69 Å². The van der Waals surface area contributed by atoms with Gasteiger partial charge in [-0.05, 0) is 18.4 Å². The van der Waals surface area contributed by atoms with E-state index in [9.17, 15) is 0 Å². The Bertz CT molecular complexity index is 433. The fourth-order valence-electron chi connectivity index (χ4n) is 1.36. The number of thioether (sulfide) groups is 1. The molecule has 0 atom stereocenters. The number of hydrogen-bond acceptors (Lipinski definition) is 3. The van der Waals surface area contributed by atoms with Gasteiger partial charge in [0, 0.05) is 28.9 Å². The quantitative estimate of drug-likeness (QED) is 0.778. The van der Waals surface area contributed by atoms with Crippen molar-refractivity contribution in [3.63, 3.8) is 0 Å². The molecule has 0 aliphatic heterocycles. The first-order valence-corrected chi connectivity index (χ1v) is 5.94. The summed E-state index contributed by atoms with van der Waals surface area (Å²) in [5, 5.41) is 0. The fourth-order valence-corrected chi connectivity index (χ4v) is 1.77. The summed E-state index contributed by atoms with van der Waals surface area (Å²) in [6.45, 7) is 0.496. The van der Waals surface area contributed by atoms with Crippen LogP contribution in [0.2, 0.25) is 0 Å². The summed E-state index contributed by atoms with van der Waals surface area (Å²) in [7, 11) is 0. The van der Waals surface area contributed by atoms with Gasteiger partial charge in [-0.25, -0.2) is 4.98 Å². The Morgan fingerprint density at radius 2 is 2.07 bits per heavy atom. The van der Waals surface area contributed by atoms with E-state index in [0.717, 1.165) is 17.1 Å². The zero-order chi connectivity index (χ0) is 10.7. The monoisotopic (exact) mass is 219 g/mol. The molecule has 3 nitrogen and oxygen atoms in total. The largest absolute Gasteiger partial charge is 0.341 e. The molecule has 1 aromatic heterocycles. The summed E-state index contributed by atoms with van der Waals surface area (Å²) in [5.41, 5.74) is 7.56. The molecular formula is C11H13N3S. The molecule has 0 radical (unpaired) electrons. The maximum atomic E-state index is 5.51. The summed E-state index contributed by atoms with van der Waals surface area (Å²) in [6.07, 6.45) is 3.84. The van der Waals surface area contributed by atoms with Gasteiger partial charge in [-0.15, -0.1) is 11.8 Å². The third kappa shape index (κ3) is 2.22. The number of hydrogen-bond donors (Lipinski definition) is 2. The molecule has 3 N–H and O–H groups in total. The van der Waals surface area contributed by atoms with Gasteiger partial charge >= 0.3 is 0 Å². The van der Waals surface area contributed by atoms with Crippen molar-refractivity contribution in [1.29, 1.82) is 0 Å². The lowest BCUT2D eigenvalue weighted by atomic mass is 10.2. The van der Waals surface area contributed by atoms with Crippen LogP contribution in [-0.4, -0.2) is 16.2 Å². The first-order valence-electron chi connectivity index (χ1n) is 4.72. The Labute approximate surface area is 93.1 Å². The third-order valence-corrected chi connectivity index (χ3v) is 2.96. The second-order valence-electron chi connectivity index (χ2n) is 3.19. The molecule has 0 spiro atoms. The lowest BCUT2D eigenvalue weighted by Gasteiger charge is -1.98. The maximum Gasteiger partial charge on any atom is 0.137 e. The van der Waals surface area contributed by atoms with Crippen LogP contribution in [0.15, 0.2) is 35.4 Å². The Kier molecular flexibility index (Phi) is 3.08. The number of rotatable bonds is 3. The van der Waals surface area contributed by atoms with Gasteiger partial charge in [0.25, 0.3) is 0 Å². The SMILES string of the molecule is CSc1ccc(-c2ncc(CN)[nH]2)cc1. The van der Waals surface area contributed by atoms with Crippen molar-refractivity contribution in [2.75, 3.05) is 6.26 Å². The topological polar surface area (TPSA) is 54.7 Å². The van der Waals surface area contributed by atoms with Crippen LogP contribution < -0.4 is 5.73 Å². The molecular weight excluding hydrogens is 206 g/mol. The van der Waals surface area contributed by atoms with E-state index in [1.807, 2.05) is 0 Å². The molecule has 78 valence electrons. The van der Waals surface area contributed by atoms with Gasteiger partial charge in [0.05, 0.1) is 0 Å². The average molecular weight is 219 g/mol. The number of aromatic nitrogens is 2. The molecule has 0 aliphatic carbocycles. The molecule has 0 aliphatic rings. The molecule has 1 aromatic carbocycles. The standard InChI is InChI=1S/C11H13N3S/c1-15-10-4-2-8(3-5-10)11-13-7-9(6-12)14-11/h2-5,7H,6,12H2,1H3,(H,13,14). The van der Waals surface area contributed by atoms with Crippen LogP contribution in [0.4, 0.5) is 0 Å². The number of nitrogens with two attached hydrogens (primary N) is 1. The van der Waals surface area contributed by atoms with E-state index in [-0.39, 0.29) is 0 Å². The van der Waals surface area contributed by atoms with Crippen molar-refractivity contribution in [3.8, 4) is 11.4 Å². The van der Waals surface area contributed by atoms with Crippen molar-refractivity contribution >= 4 is 11.8 Å². The highest BCUT2D eigenvalue weighted by Crippen LogP contribution is 2.20. The number of H-pyrrole nitrogens is 1. The van der Waals surface area contributed by atoms with Crippen molar-refractivity contribution < 1.29 is 0 Å². The number of imidazole rings is 1. The van der Waals surface area contributed by atoms with E-state index in [0.29, 0.717) is 6.54 Å². The zero-order valence-corrected chi connectivity index (χ0v) is 9.34. The number of benzene rings is 1. The minimum atomic E-state index is 0.496. The molecule has 15 heavy (non-hydrogen) atoms. The molecule has 0 amide bonds. The Balaban J connectivity index is 2.28. The summed E-state index contributed by atoms with van der Waals surface area (Å²) < 4.78 is 0. The normalized spacial score (nSPS) is 10.5. The van der Waals surface area contributed by atoms with Crippen molar-refractivity contribution in [2.24, 2.45) is 5.73 Å². The highest BCUT2D eigenvalue weighted by molar-refractivity contribution is 7.98. The van der Waals surface area contributed by atoms with Crippen LogP contribution in [0.3, 0.4) is 0 Å². The van der Waals surface area contributed by atoms with E-state index in [2.05, 4.69) is 40.5 Å². The van der Waals surface area contributed by atoms with Gasteiger partial charge in [-0.3, -0.25) is 0 Å². The second-order valence-corrected chi connectivity index (χ2v) is 4.07. The first-order chi connectivity index (χ1) is 7.33. The van der Waals surface area contributed by atoms with Gasteiger partial charge in [0.1, 0.15) is 5.82 Å². The number of nitrogens with one attached hydrogen (secondary N) is 1. The van der Waals surface area contributed by atoms with Crippen molar-refractivity contribution in [3.05, 3.63) is 36.2 Å². The summed E-state index contributed by atoms with van der Waals surface area (Å²) in [4.78, 5) is 8.70. The molecule has 0 saturated carbocycles. The van der Waals surface area contributed by atoms with E-state index < -0.39 is 0 Å². The van der Waals surface area contributed by atoms with Crippen molar-refractivity contribution in [2.45, 2.75) is 11.4 Å². The zero-order valence-electron chi connectivity index (χ0n) is 8.53. The predicted molar refractivity (Wildman–Crippen MR) is 63.7 cm³/mol. The molecule has 2 rings (SSSR count). The highest BCUT2D eigenvalue weighted by Gasteiger charge is 2.02. The van der Waals surface area contributed by atoms with Gasteiger partial charge in [0.2, 0.25) is 0 Å². The molecule has 0 saturated heterocycles. The van der Waals surface area contributed by atoms with Gasteiger partial charge < -0.3 is 10.7 Å². The lowest BCUT2D eigenvalue weighted by molar-refractivity contribution is 1.01. The Hall–Kier alpha value is -1.26. The van der Waals surface area contributed by atoms with Crippen LogP contribution in [0, 0.1) is 0 Å². The number of aromatic amines is 1. The molecule has 4 heteroatoms. The first kappa shape index (κ1) is 10.3. The highest BCUT2D eigenvalue weighted by atomic mass is 32.2. The minimum Gasteiger partial charge on any atom is -0.341 e. The van der Waals surface area contributed by atoms with E-state index in [4.69, 9.17) is 5.73 Å². The summed E-state index contributed by atoms with van der Waals surface area (Å²) >= 11 is 1.73. The van der Waals surface area contributed by atoms with Crippen LogP contribution in [0.5, 0.6) is 0 Å². The van der Waals surface area contributed by atoms with Crippen LogP contribution >= 0.6 is 11.8 Å². The predicted octanol–water partition coefficient (Wildman–Crippen LogP) is 2.26. The third-order valence-electron chi connectivity index (χ3n) is 2.21. The van der Waals surface area contributed by atoms with Gasteiger partial charge in [-0.2, -0.15) is 0 Å². The Morgan fingerprint density at radius 3 is 2.60 bits per heavy atom. The van der Waals surface area contributed by atoms with E-state index in [1.54, 1.807) is 18.0 Å². The molecule has 0 fully saturated rings. The fraction of sp³-hybridized carbons (Fsp3) is 0.182. The van der Waals surface area contributed by atoms with Crippen LogP contribution in [-0.2, 0) is 6.54 Å². The van der Waals surface area contributed by atoms with E-state index >= 15 is 0 Å². The maximum absolute atomic E-state index is 5.51. The molecule has 2 aromatic rings. The minimum absolute atomic E-state index is 0.496. The van der Waals surface area contributed by atoms with Gasteiger partial charge in [0.15, 0.2) is 0 Å². The second kappa shape index (κ2) is 4.51. The molecule has 1 heterocycles. The molecule has 0 unspecified atom stereocenters. The molecule has 0 bridgehead atoms. The van der Waals surface area contributed by atoms with Crippen molar-refractivity contribution in [1.82, 2.24) is 9.97 Å². The summed E-state index contributed by atoms with van der Waals surface area (Å²) in [5.74, 6) is 0.878. The Morgan fingerprint density at radius 1 is 1.33 bits per heavy atom. The average Bonchev–Trinajstić information content (AvgIpc) is 2.78. The van der Waals surface area contributed by atoms with E-state index in [1.165, 1.54) is 4.90 Å². The van der Waals surface area contributed by atoms with Gasteiger partial charge in [-0.1, -0.05) is 12.1 Å². The van der Waals surface area contributed by atoms with Crippen LogP contribution in [0.25, 0.3) is 11.4 Å². The summed E-state index contributed by atoms with van der Waals surface area (Å²) in [6, 6.07) is 8.30.